The van der Waals surface area contributed by atoms with Crippen molar-refractivity contribution in [1.29, 1.82) is 0 Å². The number of hydrogen-bond donors (Lipinski definition) is 3. The minimum atomic E-state index is -2.34. The Bertz CT molecular complexity index is 1500. The van der Waals surface area contributed by atoms with Crippen LogP contribution in [0.25, 0.3) is 0 Å². The van der Waals surface area contributed by atoms with Crippen LogP contribution in [0.2, 0.25) is 0 Å². The Morgan fingerprint density at radius 3 is 1.40 bits per heavy atom. The summed E-state index contributed by atoms with van der Waals surface area (Å²) in [6.45, 7) is 13.6. The molecule has 2 fully saturated rings. The number of carboxylic acid groups (broad SMARTS) is 1. The van der Waals surface area contributed by atoms with Gasteiger partial charge in [0, 0.05) is 32.0 Å². The molecule has 4 rings (SSSR count). The van der Waals surface area contributed by atoms with Gasteiger partial charge in [0.05, 0.1) is 19.1 Å². The fraction of sp³-hybridized carbons (Fsp3) is 0.526. The van der Waals surface area contributed by atoms with Gasteiger partial charge in [0.15, 0.2) is 0 Å². The van der Waals surface area contributed by atoms with Crippen molar-refractivity contribution in [2.24, 2.45) is 5.73 Å². The van der Waals surface area contributed by atoms with Crippen LogP contribution in [0.3, 0.4) is 0 Å². The molecule has 11 nitrogen and oxygen atoms in total. The van der Waals surface area contributed by atoms with E-state index < -0.39 is 53.1 Å². The van der Waals surface area contributed by atoms with Crippen molar-refractivity contribution in [2.75, 3.05) is 26.2 Å². The topological polar surface area (TPSA) is 152 Å². The quantitative estimate of drug-likeness (QED) is 0.198. The normalized spacial score (nSPS) is 19.1. The van der Waals surface area contributed by atoms with Gasteiger partial charge in [-0.3, -0.25) is 4.79 Å². The fourth-order valence-corrected chi connectivity index (χ4v) is 4.78. The molecule has 3 amide bonds. The molecule has 1 unspecified atom stereocenters. The molecule has 0 aliphatic carbocycles. The second-order valence-electron chi connectivity index (χ2n) is 14.6. The van der Waals surface area contributed by atoms with Crippen molar-refractivity contribution in [3.63, 3.8) is 0 Å². The molecule has 4 atom stereocenters. The van der Waals surface area contributed by atoms with Gasteiger partial charge >= 0.3 is 132 Å². The first kappa shape index (κ1) is 62.9. The molecule has 4 N–H and O–H groups in total. The molecule has 2 aliphatic heterocycles. The summed E-state index contributed by atoms with van der Waals surface area (Å²) in [5.41, 5.74) is 1.97. The first-order valence-electron chi connectivity index (χ1n) is 17.1. The van der Waals surface area contributed by atoms with Crippen LogP contribution >= 0.6 is 99.9 Å². The number of carbonyl (C=O) groups excluding carboxylic acids is 3. The standard InChI is InChI=1S/C18H25FN2O3.C10H16FNO4.C8H11N.2CH3.5HI.2V/c1-13(14-8-6-5-7-9-14)20-15(22)18(19)10-11-21(12-18)16(23)24-17(2,3)4;1-9(2,3)16-8(15)12-5-4-10(11,6-12)7(13)14;1-7(9)8-5-3-2-4-6-8;;;;;;;;;/h5-9,13H,10-12H2,1-4H3,(H,20,22);4-6H2,1-3H3,(H,13,14);2-7H,9H2,1H3;2*1H3;5*1H;;/q;;;2*-1;;;;;;+2;+3/p-5/t13-,18+;;7-;;;;;;;;;/m1.1........./s1. The van der Waals surface area contributed by atoms with Crippen LogP contribution in [0.15, 0.2) is 60.7 Å². The molecule has 333 valence electrons. The molecule has 20 heteroatoms. The number of likely N-dealkylation sites (tertiary alicyclic amines) is 2. The van der Waals surface area contributed by atoms with Crippen LogP contribution in [0.5, 0.6) is 0 Å². The van der Waals surface area contributed by atoms with Crippen molar-refractivity contribution in [1.82, 2.24) is 15.1 Å². The van der Waals surface area contributed by atoms with E-state index in [0.717, 1.165) is 10.5 Å². The van der Waals surface area contributed by atoms with E-state index in [9.17, 15) is 28.0 Å². The molecule has 0 radical (unpaired) electrons. The molecule has 2 aliphatic rings. The van der Waals surface area contributed by atoms with Crippen molar-refractivity contribution < 1.29 is 56.9 Å². The molecule has 0 saturated carbocycles. The third-order valence-electron chi connectivity index (χ3n) is 7.51. The van der Waals surface area contributed by atoms with E-state index in [1.54, 1.807) is 48.5 Å². The van der Waals surface area contributed by atoms with Crippen LogP contribution in [0.1, 0.15) is 91.4 Å². The van der Waals surface area contributed by atoms with Crippen molar-refractivity contribution >= 4 is 124 Å². The number of carboxylic acids is 1. The Balaban J connectivity index is -0.000000766. The van der Waals surface area contributed by atoms with E-state index in [1.165, 1.54) is 10.5 Å². The van der Waals surface area contributed by atoms with Crippen LogP contribution in [-0.4, -0.2) is 87.7 Å². The summed E-state index contributed by atoms with van der Waals surface area (Å²) >= 11 is 12.1. The molecule has 2 aromatic carbocycles. The minimum absolute atomic E-state index is 0. The first-order chi connectivity index (χ1) is 25.7. The van der Waals surface area contributed by atoms with E-state index in [-0.39, 0.29) is 64.3 Å². The fourth-order valence-electron chi connectivity index (χ4n) is 4.78. The van der Waals surface area contributed by atoms with Crippen LogP contribution in [0.4, 0.5) is 18.4 Å². The molecule has 0 spiro atoms. The van der Waals surface area contributed by atoms with Gasteiger partial charge in [-0.1, -0.05) is 60.7 Å². The Morgan fingerprint density at radius 1 is 0.776 bits per heavy atom. The number of alkyl halides is 2. The Labute approximate surface area is 411 Å². The summed E-state index contributed by atoms with van der Waals surface area (Å²) in [6, 6.07) is 19.3. The van der Waals surface area contributed by atoms with Gasteiger partial charge in [-0.2, -0.15) is 0 Å². The maximum atomic E-state index is 15.0. The predicted octanol–water partition coefficient (Wildman–Crippen LogP) is 11.7. The number of ether oxygens (including phenoxy) is 2. The molecular formula is C38H58F2I5N4O7V2-2. The van der Waals surface area contributed by atoms with E-state index >= 15 is 0 Å². The van der Waals surface area contributed by atoms with E-state index in [0.29, 0.717) is 9.47 Å². The summed E-state index contributed by atoms with van der Waals surface area (Å²) in [4.78, 5) is 48.6. The zero-order valence-corrected chi connectivity index (χ0v) is 48.2. The Kier molecular flexibility index (Phi) is 33.2. The van der Waals surface area contributed by atoms with E-state index in [4.69, 9.17) is 20.3 Å². The molecule has 0 aromatic heterocycles. The number of benzene rings is 2. The van der Waals surface area contributed by atoms with Gasteiger partial charge in [-0.25, -0.2) is 23.2 Å². The summed E-state index contributed by atoms with van der Waals surface area (Å²) in [5, 5.41) is 11.3. The van der Waals surface area contributed by atoms with E-state index in [1.807, 2.05) is 67.6 Å². The number of halogens is 7. The molecular weight excluding hydrogens is 1400 g/mol. The Morgan fingerprint density at radius 2 is 1.10 bits per heavy atom. The monoisotopic (exact) mass is 1460 g/mol. The number of nitrogens with one attached hydrogen (secondary N) is 1. The van der Waals surface area contributed by atoms with Crippen LogP contribution in [0, 0.1) is 14.9 Å². The van der Waals surface area contributed by atoms with Gasteiger partial charge in [0.2, 0.25) is 11.3 Å². The summed E-state index contributed by atoms with van der Waals surface area (Å²) < 4.78 is 38.8. The van der Waals surface area contributed by atoms with Crippen LogP contribution in [-0.2, 0) is 33.4 Å². The van der Waals surface area contributed by atoms with Gasteiger partial charge < -0.3 is 50.3 Å². The second-order valence-corrected chi connectivity index (χ2v) is 61.8. The van der Waals surface area contributed by atoms with Crippen molar-refractivity contribution in [2.45, 2.75) is 103 Å². The van der Waals surface area contributed by atoms with Gasteiger partial charge in [-0.05, 0) is 66.5 Å². The number of hydrogen-bond acceptors (Lipinski definition) is 7. The molecule has 2 heterocycles. The molecule has 0 bridgehead atoms. The number of rotatable bonds is 5. The van der Waals surface area contributed by atoms with Gasteiger partial charge in [0.25, 0.3) is 5.91 Å². The number of aliphatic carboxylic acids is 1. The zero-order valence-electron chi connectivity index (χ0n) is 34.6. The van der Waals surface area contributed by atoms with Crippen molar-refractivity contribution in [3.05, 3.63) is 86.6 Å². The maximum absolute atomic E-state index is 15.0. The Hall–Kier alpha value is 0.559. The first-order valence-corrected chi connectivity index (χ1v) is 39.7. The van der Waals surface area contributed by atoms with Gasteiger partial charge in [0.1, 0.15) is 11.2 Å². The van der Waals surface area contributed by atoms with Crippen LogP contribution < -0.4 is 11.1 Å². The second kappa shape index (κ2) is 30.6. The number of nitrogens with two attached hydrogens (primary N) is 1. The molecule has 2 saturated heterocycles. The van der Waals surface area contributed by atoms with Gasteiger partial charge in [-0.15, -0.1) is 0 Å². The number of nitrogens with zero attached hydrogens (tertiary/aromatic N) is 2. The van der Waals surface area contributed by atoms with E-state index in [2.05, 4.69) is 105 Å². The summed E-state index contributed by atoms with van der Waals surface area (Å²) in [7, 11) is 0.628. The van der Waals surface area contributed by atoms with Crippen molar-refractivity contribution in [3.8, 4) is 0 Å². The summed E-state index contributed by atoms with van der Waals surface area (Å²) in [5.74, 6) is -2.22. The third-order valence-corrected chi connectivity index (χ3v) is 7.51. The average molecular weight is 1460 g/mol. The zero-order chi connectivity index (χ0) is 43.5. The summed E-state index contributed by atoms with van der Waals surface area (Å²) in [6.07, 6.45) is -1.49. The molecule has 58 heavy (non-hydrogen) atoms. The number of carbonyl (C=O) groups is 4. The third kappa shape index (κ3) is 26.9. The predicted molar refractivity (Wildman–Crippen MR) is 265 cm³/mol. The number of amides is 3. The SMILES string of the molecule is CC(C)(C)OC(=O)N1CCC(F)(C(=O)O)C1.C[C@@H](N)c1ccccc1.C[C@@H](NC(=O)[C@]1(F)CCN(C(=O)OC(C)(C)C)C1)c1ccccc1.[CH3-].[CH3-].[I][V]([I])[I].[I][V][I]. The average Bonchev–Trinajstić information content (AvgIpc) is 3.70. The molecule has 2 aromatic rings.